The van der Waals surface area contributed by atoms with Crippen LogP contribution in [0.5, 0.6) is 5.75 Å². The Morgan fingerprint density at radius 2 is 2.13 bits per heavy atom. The Balaban J connectivity index is 2.18. The fourth-order valence-corrected chi connectivity index (χ4v) is 2.20. The number of methoxy groups -OCH3 is 1. The van der Waals surface area contributed by atoms with Crippen LogP contribution in [0.2, 0.25) is 0 Å². The summed E-state index contributed by atoms with van der Waals surface area (Å²) in [6.45, 7) is 1.39. The summed E-state index contributed by atoms with van der Waals surface area (Å²) in [7, 11) is 1.35. The highest BCUT2D eigenvalue weighted by molar-refractivity contribution is 6.16. The van der Waals surface area contributed by atoms with Crippen LogP contribution < -0.4 is 4.74 Å². The van der Waals surface area contributed by atoms with Gasteiger partial charge in [0.15, 0.2) is 11.6 Å². The average Bonchev–Trinajstić information content (AvgIpc) is 2.75. The minimum absolute atomic E-state index is 0.0879. The zero-order valence-corrected chi connectivity index (χ0v) is 12.8. The van der Waals surface area contributed by atoms with Crippen molar-refractivity contribution in [3.8, 4) is 5.75 Å². The van der Waals surface area contributed by atoms with Crippen molar-refractivity contribution in [1.82, 2.24) is 4.90 Å². The lowest BCUT2D eigenvalue weighted by atomic mass is 10.1. The number of carbonyl (C=O) groups is 3. The van der Waals surface area contributed by atoms with E-state index in [2.05, 4.69) is 0 Å². The number of hydrogen-bond acceptors (Lipinski definition) is 5. The topological polar surface area (TPSA) is 72.9 Å². The number of amides is 2. The molecule has 0 N–H and O–H groups in total. The summed E-state index contributed by atoms with van der Waals surface area (Å²) in [5.74, 6) is -2.18. The molecular formula is C16H16FNO5. The number of rotatable bonds is 5. The third kappa shape index (κ3) is 3.74. The second-order valence-corrected chi connectivity index (χ2v) is 4.83. The molecule has 2 rings (SSSR count). The molecule has 1 saturated heterocycles. The first-order valence-corrected chi connectivity index (χ1v) is 7.00. The van der Waals surface area contributed by atoms with E-state index in [-0.39, 0.29) is 24.4 Å². The smallest absolute Gasteiger partial charge is 0.326 e. The lowest BCUT2D eigenvalue weighted by Crippen LogP contribution is -2.35. The zero-order chi connectivity index (χ0) is 17.0. The van der Waals surface area contributed by atoms with Gasteiger partial charge in [0.2, 0.25) is 5.91 Å². The Labute approximate surface area is 132 Å². The maximum Gasteiger partial charge on any atom is 0.326 e. The Bertz CT molecular complexity index is 683. The first kappa shape index (κ1) is 16.7. The number of hydrogen-bond donors (Lipinski definition) is 0. The summed E-state index contributed by atoms with van der Waals surface area (Å²) in [4.78, 5) is 36.3. The number of esters is 1. The van der Waals surface area contributed by atoms with Crippen molar-refractivity contribution in [2.24, 2.45) is 0 Å². The molecular weight excluding hydrogens is 305 g/mol. The number of benzene rings is 1. The molecule has 23 heavy (non-hydrogen) atoms. The number of carbonyl (C=O) groups excluding carboxylic acids is 3. The molecule has 0 bridgehead atoms. The summed E-state index contributed by atoms with van der Waals surface area (Å²) >= 11 is 0. The van der Waals surface area contributed by atoms with E-state index >= 15 is 0 Å². The van der Waals surface area contributed by atoms with E-state index in [1.165, 1.54) is 25.3 Å². The molecule has 1 aliphatic rings. The van der Waals surface area contributed by atoms with Gasteiger partial charge in [-0.2, -0.15) is 0 Å². The maximum absolute atomic E-state index is 13.7. The molecule has 1 aromatic rings. The summed E-state index contributed by atoms with van der Waals surface area (Å²) in [5, 5.41) is 0. The third-order valence-corrected chi connectivity index (χ3v) is 3.27. The van der Waals surface area contributed by atoms with Crippen LogP contribution in [0.4, 0.5) is 4.39 Å². The largest absolute Gasteiger partial charge is 0.494 e. The fourth-order valence-electron chi connectivity index (χ4n) is 2.20. The lowest BCUT2D eigenvalue weighted by molar-refractivity contribution is -0.151. The molecule has 1 aliphatic heterocycles. The van der Waals surface area contributed by atoms with Gasteiger partial charge in [0, 0.05) is 5.57 Å². The average molecular weight is 321 g/mol. The second-order valence-electron chi connectivity index (χ2n) is 4.83. The van der Waals surface area contributed by atoms with Crippen molar-refractivity contribution in [2.75, 3.05) is 20.3 Å². The molecule has 1 fully saturated rings. The first-order chi connectivity index (χ1) is 11.0. The molecule has 6 nitrogen and oxygen atoms in total. The molecule has 1 aromatic carbocycles. The molecule has 0 atom stereocenters. The van der Waals surface area contributed by atoms with Gasteiger partial charge < -0.3 is 9.47 Å². The Kier molecular flexibility index (Phi) is 5.10. The molecule has 0 radical (unpaired) electrons. The highest BCUT2D eigenvalue weighted by Crippen LogP contribution is 2.24. The van der Waals surface area contributed by atoms with Crippen molar-refractivity contribution < 1.29 is 28.2 Å². The minimum atomic E-state index is -0.647. The van der Waals surface area contributed by atoms with Gasteiger partial charge in [-0.05, 0) is 30.7 Å². The van der Waals surface area contributed by atoms with Gasteiger partial charge in [-0.3, -0.25) is 19.3 Å². The van der Waals surface area contributed by atoms with Crippen LogP contribution >= 0.6 is 0 Å². The molecule has 0 saturated carbocycles. The van der Waals surface area contributed by atoms with Crippen molar-refractivity contribution in [1.29, 1.82) is 0 Å². The fraction of sp³-hybridized carbons (Fsp3) is 0.312. The van der Waals surface area contributed by atoms with Gasteiger partial charge in [0.25, 0.3) is 5.91 Å². The number of ether oxygens (including phenoxy) is 2. The summed E-state index contributed by atoms with van der Waals surface area (Å²) in [6, 6.07) is 4.21. The number of likely N-dealkylation sites (tertiary alicyclic amines) is 1. The van der Waals surface area contributed by atoms with E-state index < -0.39 is 30.1 Å². The van der Waals surface area contributed by atoms with E-state index in [9.17, 15) is 18.8 Å². The lowest BCUT2D eigenvalue weighted by Gasteiger charge is -2.11. The number of nitrogens with zero attached hydrogens (tertiary/aromatic N) is 1. The van der Waals surface area contributed by atoms with Crippen LogP contribution in [-0.2, 0) is 19.1 Å². The van der Waals surface area contributed by atoms with Crippen LogP contribution in [0.15, 0.2) is 23.8 Å². The first-order valence-electron chi connectivity index (χ1n) is 7.00. The van der Waals surface area contributed by atoms with Gasteiger partial charge in [0.1, 0.15) is 6.54 Å². The van der Waals surface area contributed by atoms with Gasteiger partial charge in [-0.15, -0.1) is 0 Å². The van der Waals surface area contributed by atoms with Gasteiger partial charge in [0.05, 0.1) is 20.1 Å². The Morgan fingerprint density at radius 1 is 1.39 bits per heavy atom. The van der Waals surface area contributed by atoms with E-state index in [1.807, 2.05) is 0 Å². The zero-order valence-electron chi connectivity index (χ0n) is 12.8. The second kappa shape index (κ2) is 7.04. The molecule has 0 spiro atoms. The SMILES string of the molecule is CCOC(=O)CN1C(=O)C/C(=C\c2ccc(OC)c(F)c2)C1=O. The highest BCUT2D eigenvalue weighted by Gasteiger charge is 2.35. The van der Waals surface area contributed by atoms with E-state index in [0.717, 1.165) is 4.90 Å². The van der Waals surface area contributed by atoms with Crippen LogP contribution in [0, 0.1) is 5.82 Å². The molecule has 122 valence electrons. The molecule has 0 aromatic heterocycles. The van der Waals surface area contributed by atoms with Crippen LogP contribution in [0.25, 0.3) is 6.08 Å². The van der Waals surface area contributed by atoms with Gasteiger partial charge in [-0.1, -0.05) is 6.07 Å². The molecule has 2 amide bonds. The van der Waals surface area contributed by atoms with E-state index in [4.69, 9.17) is 9.47 Å². The summed E-state index contributed by atoms with van der Waals surface area (Å²) in [5.41, 5.74) is 0.626. The van der Waals surface area contributed by atoms with Crippen molar-refractivity contribution in [2.45, 2.75) is 13.3 Å². The Morgan fingerprint density at radius 3 is 2.74 bits per heavy atom. The quantitative estimate of drug-likeness (QED) is 0.467. The summed E-state index contributed by atoms with van der Waals surface area (Å²) < 4.78 is 23.2. The normalized spacial score (nSPS) is 16.1. The predicted octanol–water partition coefficient (Wildman–Crippen LogP) is 1.54. The predicted molar refractivity (Wildman–Crippen MR) is 78.9 cm³/mol. The molecule has 7 heteroatoms. The van der Waals surface area contributed by atoms with Crippen molar-refractivity contribution in [3.05, 3.63) is 35.2 Å². The number of imide groups is 1. The Hall–Kier alpha value is -2.70. The highest BCUT2D eigenvalue weighted by atomic mass is 19.1. The maximum atomic E-state index is 13.7. The van der Waals surface area contributed by atoms with E-state index in [1.54, 1.807) is 13.0 Å². The van der Waals surface area contributed by atoms with Crippen molar-refractivity contribution in [3.63, 3.8) is 0 Å². The van der Waals surface area contributed by atoms with Gasteiger partial charge in [-0.25, -0.2) is 4.39 Å². The van der Waals surface area contributed by atoms with Crippen LogP contribution in [-0.4, -0.2) is 42.9 Å². The number of halogens is 1. The summed E-state index contributed by atoms with van der Waals surface area (Å²) in [6.07, 6.45) is 1.29. The van der Waals surface area contributed by atoms with E-state index in [0.29, 0.717) is 5.56 Å². The minimum Gasteiger partial charge on any atom is -0.494 e. The van der Waals surface area contributed by atoms with Crippen LogP contribution in [0.3, 0.4) is 0 Å². The molecule has 1 heterocycles. The monoisotopic (exact) mass is 321 g/mol. The van der Waals surface area contributed by atoms with Crippen LogP contribution in [0.1, 0.15) is 18.9 Å². The third-order valence-electron chi connectivity index (χ3n) is 3.27. The van der Waals surface area contributed by atoms with Crippen molar-refractivity contribution >= 4 is 23.9 Å². The van der Waals surface area contributed by atoms with Gasteiger partial charge >= 0.3 is 5.97 Å². The standard InChI is InChI=1S/C16H16FNO5/c1-3-23-15(20)9-18-14(19)8-11(16(18)21)6-10-4-5-13(22-2)12(17)7-10/h4-7H,3,8-9H2,1-2H3/b11-6+. The molecule has 0 aliphatic carbocycles. The molecule has 0 unspecified atom stereocenters.